The molecule has 0 heterocycles. The lowest BCUT2D eigenvalue weighted by Gasteiger charge is -2.10. The van der Waals surface area contributed by atoms with Gasteiger partial charge in [-0.1, -0.05) is 35.4 Å². The summed E-state index contributed by atoms with van der Waals surface area (Å²) in [5.41, 5.74) is 0. The summed E-state index contributed by atoms with van der Waals surface area (Å²) in [6, 6.07) is 0. The van der Waals surface area contributed by atoms with Gasteiger partial charge in [0.25, 0.3) is 0 Å². The molecule has 2 nitrogen and oxygen atoms in total. The summed E-state index contributed by atoms with van der Waals surface area (Å²) < 4.78 is 0. The first kappa shape index (κ1) is 15.4. The Morgan fingerprint density at radius 2 is 1.27 bits per heavy atom. The number of carbonyl (C=O) groups is 2. The molecule has 0 aliphatic carbocycles. The van der Waals surface area contributed by atoms with Crippen LogP contribution in [0, 0.1) is 0 Å². The molecule has 0 aromatic carbocycles. The van der Waals surface area contributed by atoms with Crippen molar-refractivity contribution in [1.82, 2.24) is 0 Å². The highest BCUT2D eigenvalue weighted by Crippen LogP contribution is 2.40. The molecule has 0 radical (unpaired) electrons. The summed E-state index contributed by atoms with van der Waals surface area (Å²) >= 11 is 0. The number of rotatable bonds is 8. The Kier molecular flexibility index (Phi) is 8.75. The molecule has 2 unspecified atom stereocenters. The van der Waals surface area contributed by atoms with Crippen molar-refractivity contribution in [2.75, 3.05) is 0 Å². The highest BCUT2D eigenvalue weighted by atomic mass is 33.5. The predicted molar refractivity (Wildman–Crippen MR) is 72.3 cm³/mol. The molecule has 0 spiro atoms. The molecule has 0 saturated carbocycles. The molecule has 0 rings (SSSR count). The lowest BCUT2D eigenvalue weighted by atomic mass is 10.2. The van der Waals surface area contributed by atoms with Gasteiger partial charge in [0.1, 0.15) is 11.6 Å². The van der Waals surface area contributed by atoms with Gasteiger partial charge < -0.3 is 0 Å². The molecule has 0 aliphatic rings. The molecule has 0 N–H and O–H groups in total. The highest BCUT2D eigenvalue weighted by Gasteiger charge is 2.15. The molecule has 0 aliphatic heterocycles. The molecular weight excluding hydrogens is 248 g/mol. The van der Waals surface area contributed by atoms with Crippen LogP contribution >= 0.6 is 31.4 Å². The lowest BCUT2D eigenvalue weighted by molar-refractivity contribution is -0.118. The minimum absolute atomic E-state index is 0.0245. The van der Waals surface area contributed by atoms with E-state index in [-0.39, 0.29) is 22.1 Å². The zero-order valence-electron chi connectivity index (χ0n) is 9.61. The van der Waals surface area contributed by atoms with Crippen molar-refractivity contribution in [2.45, 2.75) is 51.0 Å². The quantitative estimate of drug-likeness (QED) is 0.625. The first-order valence-electron chi connectivity index (χ1n) is 5.07. The Morgan fingerprint density at radius 3 is 1.53 bits per heavy atom. The van der Waals surface area contributed by atoms with E-state index in [1.165, 1.54) is 0 Å². The maximum atomic E-state index is 11.3. The normalized spacial score (nSPS) is 14.7. The first-order chi connectivity index (χ1) is 7.02. The maximum Gasteiger partial charge on any atom is 0.146 e. The Hall–Kier alpha value is 0.390. The van der Waals surface area contributed by atoms with Gasteiger partial charge in [0, 0.05) is 12.8 Å². The predicted octanol–water partition coefficient (Wildman–Crippen LogP) is 3.75. The Bertz CT molecular complexity index is 197. The van der Waals surface area contributed by atoms with Crippen LogP contribution in [-0.4, -0.2) is 22.1 Å². The van der Waals surface area contributed by atoms with Gasteiger partial charge in [-0.2, -0.15) is 0 Å². The minimum atomic E-state index is 0.0245. The average Bonchev–Trinajstić information content (AvgIpc) is 2.26. The van der Waals surface area contributed by atoms with Crippen LogP contribution in [-0.2, 0) is 9.59 Å². The topological polar surface area (TPSA) is 34.1 Å². The number of carbonyl (C=O) groups excluding carboxylic acids is 2. The summed E-state index contributed by atoms with van der Waals surface area (Å²) in [6.07, 6.45) is 1.17. The third kappa shape index (κ3) is 6.53. The SMILES string of the molecule is CCC(=O)C(C)SSSC(C)C(=O)CC. The molecule has 0 fully saturated rings. The molecule has 0 bridgehead atoms. The van der Waals surface area contributed by atoms with Crippen LogP contribution in [0.5, 0.6) is 0 Å². The molecule has 0 aromatic rings. The average molecular weight is 266 g/mol. The zero-order valence-corrected chi connectivity index (χ0v) is 12.1. The fourth-order valence-corrected chi connectivity index (χ4v) is 5.67. The first-order valence-corrected chi connectivity index (χ1v) is 8.68. The second-order valence-electron chi connectivity index (χ2n) is 3.18. The van der Waals surface area contributed by atoms with Crippen molar-refractivity contribution < 1.29 is 9.59 Å². The highest BCUT2D eigenvalue weighted by molar-refractivity contribution is 9.09. The zero-order chi connectivity index (χ0) is 11.8. The van der Waals surface area contributed by atoms with E-state index >= 15 is 0 Å². The third-order valence-electron chi connectivity index (χ3n) is 1.97. The molecule has 88 valence electrons. The van der Waals surface area contributed by atoms with Crippen LogP contribution < -0.4 is 0 Å². The second-order valence-corrected chi connectivity index (χ2v) is 7.91. The summed E-state index contributed by atoms with van der Waals surface area (Å²) in [5.74, 6) is 0.533. The van der Waals surface area contributed by atoms with Crippen LogP contribution in [0.3, 0.4) is 0 Å². The molecule has 0 amide bonds. The van der Waals surface area contributed by atoms with E-state index in [1.54, 1.807) is 31.4 Å². The van der Waals surface area contributed by atoms with Gasteiger partial charge in [0.05, 0.1) is 10.5 Å². The fourth-order valence-electron chi connectivity index (χ4n) is 0.823. The van der Waals surface area contributed by atoms with E-state index < -0.39 is 0 Å². The number of hydrogen-bond donors (Lipinski definition) is 0. The van der Waals surface area contributed by atoms with E-state index in [4.69, 9.17) is 0 Å². The van der Waals surface area contributed by atoms with Crippen LogP contribution in [0.4, 0.5) is 0 Å². The van der Waals surface area contributed by atoms with Crippen molar-refractivity contribution in [1.29, 1.82) is 0 Å². The van der Waals surface area contributed by atoms with Crippen molar-refractivity contribution in [3.8, 4) is 0 Å². The van der Waals surface area contributed by atoms with Crippen molar-refractivity contribution in [3.05, 3.63) is 0 Å². The van der Waals surface area contributed by atoms with Crippen molar-refractivity contribution in [3.63, 3.8) is 0 Å². The molecule has 0 aromatic heterocycles. The van der Waals surface area contributed by atoms with Gasteiger partial charge in [-0.3, -0.25) is 9.59 Å². The van der Waals surface area contributed by atoms with Crippen LogP contribution in [0.15, 0.2) is 0 Å². The van der Waals surface area contributed by atoms with Crippen LogP contribution in [0.1, 0.15) is 40.5 Å². The number of hydrogen-bond acceptors (Lipinski definition) is 5. The molecular formula is C10H18O2S3. The minimum Gasteiger partial charge on any atom is -0.298 e. The third-order valence-corrected chi connectivity index (χ3v) is 6.85. The summed E-state index contributed by atoms with van der Waals surface area (Å²) in [6.45, 7) is 7.58. The van der Waals surface area contributed by atoms with Crippen LogP contribution in [0.25, 0.3) is 0 Å². The molecule has 5 heteroatoms. The second kappa shape index (κ2) is 8.53. The van der Waals surface area contributed by atoms with E-state index in [0.717, 1.165) is 0 Å². The summed E-state index contributed by atoms with van der Waals surface area (Å²) in [4.78, 5) is 22.5. The largest absolute Gasteiger partial charge is 0.298 e. The van der Waals surface area contributed by atoms with Crippen molar-refractivity contribution >= 4 is 43.0 Å². The van der Waals surface area contributed by atoms with Gasteiger partial charge in [0.2, 0.25) is 0 Å². The Morgan fingerprint density at radius 1 is 0.933 bits per heavy atom. The van der Waals surface area contributed by atoms with E-state index in [0.29, 0.717) is 12.8 Å². The van der Waals surface area contributed by atoms with Gasteiger partial charge in [-0.05, 0) is 23.7 Å². The smallest absolute Gasteiger partial charge is 0.146 e. The summed E-state index contributed by atoms with van der Waals surface area (Å²) in [5, 5.41) is 0.0489. The molecule has 0 saturated heterocycles. The van der Waals surface area contributed by atoms with Gasteiger partial charge in [0.15, 0.2) is 0 Å². The maximum absolute atomic E-state index is 11.3. The van der Waals surface area contributed by atoms with Gasteiger partial charge in [-0.15, -0.1) is 0 Å². The monoisotopic (exact) mass is 266 g/mol. The van der Waals surface area contributed by atoms with E-state index in [2.05, 4.69) is 0 Å². The number of ketones is 2. The van der Waals surface area contributed by atoms with Crippen LogP contribution in [0.2, 0.25) is 0 Å². The Labute approximate surface area is 104 Å². The molecule has 15 heavy (non-hydrogen) atoms. The summed E-state index contributed by atoms with van der Waals surface area (Å²) in [7, 11) is 4.63. The van der Waals surface area contributed by atoms with Gasteiger partial charge in [-0.25, -0.2) is 0 Å². The standard InChI is InChI=1S/C10H18O2S3/c1-5-9(11)7(3)13-15-14-8(4)10(12)6-2/h7-8H,5-6H2,1-4H3. The number of Topliss-reactive ketones (excluding diaryl/α,β-unsaturated/α-hetero) is 2. The van der Waals surface area contributed by atoms with E-state index in [9.17, 15) is 9.59 Å². The molecule has 2 atom stereocenters. The Balaban J connectivity index is 3.70. The van der Waals surface area contributed by atoms with Crippen molar-refractivity contribution in [2.24, 2.45) is 0 Å². The lowest BCUT2D eigenvalue weighted by Crippen LogP contribution is -2.11. The van der Waals surface area contributed by atoms with E-state index in [1.807, 2.05) is 27.7 Å². The van der Waals surface area contributed by atoms with Gasteiger partial charge >= 0.3 is 0 Å². The fraction of sp³-hybridized carbons (Fsp3) is 0.800.